The molecular weight excluding hydrogens is 374 g/mol. The number of nitrogens with zero attached hydrogens (tertiary/aromatic N) is 1. The molecule has 0 aliphatic rings. The number of thiazole rings is 1. The van der Waals surface area contributed by atoms with Crippen LogP contribution in [0.1, 0.15) is 42.1 Å². The summed E-state index contributed by atoms with van der Waals surface area (Å²) in [7, 11) is 0. The lowest BCUT2D eigenvalue weighted by Crippen LogP contribution is -2.43. The van der Waals surface area contributed by atoms with Gasteiger partial charge in [0, 0.05) is 12.8 Å². The van der Waals surface area contributed by atoms with Gasteiger partial charge in [-0.05, 0) is 36.1 Å². The van der Waals surface area contributed by atoms with Crippen molar-refractivity contribution in [3.8, 4) is 5.75 Å². The molecule has 0 aliphatic heterocycles. The van der Waals surface area contributed by atoms with E-state index >= 15 is 0 Å². The Morgan fingerprint density at radius 2 is 1.82 bits per heavy atom. The first kappa shape index (κ1) is 19.8. The Kier molecular flexibility index (Phi) is 5.94. The maximum absolute atomic E-state index is 12.4. The minimum absolute atomic E-state index is 0.107. The van der Waals surface area contributed by atoms with Crippen LogP contribution in [0.2, 0.25) is 0 Å². The first-order chi connectivity index (χ1) is 13.4. The smallest absolute Gasteiger partial charge is 0.273 e. The normalized spacial score (nSPS) is 13.1. The molecule has 28 heavy (non-hydrogen) atoms. The number of para-hydroxylation sites is 2. The predicted octanol–water partition coefficient (Wildman–Crippen LogP) is 3.81. The zero-order valence-electron chi connectivity index (χ0n) is 15.9. The number of aromatic nitrogens is 1. The summed E-state index contributed by atoms with van der Waals surface area (Å²) in [6.07, 6.45) is 1.73. The van der Waals surface area contributed by atoms with Gasteiger partial charge in [-0.25, -0.2) is 4.98 Å². The topological polar surface area (TPSA) is 91.3 Å². The molecule has 3 aromatic rings. The van der Waals surface area contributed by atoms with E-state index in [2.05, 4.69) is 15.8 Å². The molecule has 3 rings (SSSR count). The third-order valence-electron chi connectivity index (χ3n) is 4.82. The summed E-state index contributed by atoms with van der Waals surface area (Å²) in [4.78, 5) is 29.2. The van der Waals surface area contributed by atoms with E-state index in [1.807, 2.05) is 38.1 Å². The molecule has 0 radical (unpaired) electrons. The fourth-order valence-electron chi connectivity index (χ4n) is 2.96. The lowest BCUT2D eigenvalue weighted by atomic mass is 9.81. The molecule has 0 saturated heterocycles. The van der Waals surface area contributed by atoms with Crippen LogP contribution in [0.25, 0.3) is 10.2 Å². The number of hydrogen-bond donors (Lipinski definition) is 3. The summed E-state index contributed by atoms with van der Waals surface area (Å²) < 4.78 is 1.13. The number of hydrogen-bond acceptors (Lipinski definition) is 5. The van der Waals surface area contributed by atoms with Gasteiger partial charge in [0.15, 0.2) is 0 Å². The van der Waals surface area contributed by atoms with Crippen molar-refractivity contribution >= 4 is 33.4 Å². The van der Waals surface area contributed by atoms with Crippen LogP contribution in [0.3, 0.4) is 0 Å². The molecule has 2 amide bonds. The van der Waals surface area contributed by atoms with Gasteiger partial charge in [-0.3, -0.25) is 20.4 Å². The highest BCUT2D eigenvalue weighted by Gasteiger charge is 2.28. The molecule has 7 heteroatoms. The number of carbonyl (C=O) groups is 2. The third-order valence-corrected chi connectivity index (χ3v) is 5.86. The Hall–Kier alpha value is -2.93. The second kappa shape index (κ2) is 8.39. The van der Waals surface area contributed by atoms with Gasteiger partial charge in [0.2, 0.25) is 5.91 Å². The Bertz CT molecular complexity index is 968. The fraction of sp³-hybridized carbons (Fsp3) is 0.286. The number of phenols is 1. The Labute approximate surface area is 167 Å². The predicted molar refractivity (Wildman–Crippen MR) is 110 cm³/mol. The van der Waals surface area contributed by atoms with Crippen LogP contribution in [0.5, 0.6) is 5.75 Å². The summed E-state index contributed by atoms with van der Waals surface area (Å²) in [5, 5.41) is 10.7. The van der Waals surface area contributed by atoms with Gasteiger partial charge in [0.1, 0.15) is 5.75 Å². The van der Waals surface area contributed by atoms with Gasteiger partial charge in [0.05, 0.1) is 20.8 Å². The molecule has 1 aromatic heterocycles. The van der Waals surface area contributed by atoms with Gasteiger partial charge in [-0.15, -0.1) is 11.3 Å². The molecule has 1 atom stereocenters. The average molecular weight is 398 g/mol. The molecule has 3 N–H and O–H groups in total. The van der Waals surface area contributed by atoms with E-state index in [-0.39, 0.29) is 29.1 Å². The average Bonchev–Trinajstić information content (AvgIpc) is 3.08. The van der Waals surface area contributed by atoms with Gasteiger partial charge >= 0.3 is 0 Å². The van der Waals surface area contributed by atoms with Gasteiger partial charge in [-0.2, -0.15) is 0 Å². The molecule has 1 unspecified atom stereocenters. The van der Waals surface area contributed by atoms with Gasteiger partial charge in [-0.1, -0.05) is 38.1 Å². The van der Waals surface area contributed by atoms with Crippen molar-refractivity contribution < 1.29 is 14.7 Å². The van der Waals surface area contributed by atoms with Gasteiger partial charge in [0.25, 0.3) is 5.91 Å². The molecule has 1 heterocycles. The summed E-state index contributed by atoms with van der Waals surface area (Å²) in [5.74, 6) is -0.978. The zero-order chi connectivity index (χ0) is 20.1. The zero-order valence-corrected chi connectivity index (χ0v) is 16.7. The van der Waals surface area contributed by atoms with Crippen LogP contribution in [-0.2, 0) is 11.2 Å². The molecule has 2 aromatic carbocycles. The summed E-state index contributed by atoms with van der Waals surface area (Å²) >= 11 is 1.64. The van der Waals surface area contributed by atoms with E-state index in [9.17, 15) is 14.7 Å². The van der Waals surface area contributed by atoms with Crippen LogP contribution in [-0.4, -0.2) is 21.9 Å². The highest BCUT2D eigenvalue weighted by Crippen LogP contribution is 2.33. The molecular formula is C21H23N3O3S. The van der Waals surface area contributed by atoms with Crippen molar-refractivity contribution in [3.05, 3.63) is 59.1 Å². The van der Waals surface area contributed by atoms with Crippen molar-refractivity contribution in [2.45, 2.75) is 33.1 Å². The number of aromatic hydroxyl groups is 1. The van der Waals surface area contributed by atoms with E-state index in [0.29, 0.717) is 6.42 Å². The third kappa shape index (κ3) is 4.67. The molecule has 0 saturated carbocycles. The number of fused-ring (bicyclic) bond motifs is 1. The van der Waals surface area contributed by atoms with Crippen LogP contribution < -0.4 is 10.9 Å². The number of nitrogens with one attached hydrogen (secondary N) is 2. The second-order valence-electron chi connectivity index (χ2n) is 7.11. The van der Waals surface area contributed by atoms with Crippen molar-refractivity contribution in [1.82, 2.24) is 15.8 Å². The second-order valence-corrected chi connectivity index (χ2v) is 8.23. The van der Waals surface area contributed by atoms with Crippen LogP contribution >= 0.6 is 11.3 Å². The Morgan fingerprint density at radius 3 is 2.54 bits per heavy atom. The van der Waals surface area contributed by atoms with Crippen molar-refractivity contribution in [1.29, 1.82) is 0 Å². The quantitative estimate of drug-likeness (QED) is 0.552. The number of benzene rings is 2. The largest absolute Gasteiger partial charge is 0.507 e. The van der Waals surface area contributed by atoms with E-state index in [1.165, 1.54) is 12.1 Å². The maximum atomic E-state index is 12.4. The molecule has 146 valence electrons. The molecule has 0 spiro atoms. The first-order valence-corrected chi connectivity index (χ1v) is 9.93. The maximum Gasteiger partial charge on any atom is 0.273 e. The molecule has 0 aliphatic carbocycles. The molecule has 0 bridgehead atoms. The lowest BCUT2D eigenvalue weighted by molar-refractivity contribution is -0.124. The first-order valence-electron chi connectivity index (χ1n) is 9.12. The van der Waals surface area contributed by atoms with Crippen LogP contribution in [0.4, 0.5) is 0 Å². The van der Waals surface area contributed by atoms with Crippen molar-refractivity contribution in [2.24, 2.45) is 5.41 Å². The number of amides is 2. The van der Waals surface area contributed by atoms with E-state index in [0.717, 1.165) is 21.6 Å². The molecule has 6 nitrogen and oxygen atoms in total. The number of phenolic OH excluding ortho intramolecular Hbond substituents is 1. The monoisotopic (exact) mass is 397 g/mol. The summed E-state index contributed by atoms with van der Waals surface area (Å²) in [6, 6.07) is 14.2. The minimum Gasteiger partial charge on any atom is -0.507 e. The van der Waals surface area contributed by atoms with Crippen molar-refractivity contribution in [2.75, 3.05) is 0 Å². The number of rotatable bonds is 6. The number of carbonyl (C=O) groups excluding carboxylic acids is 2. The highest BCUT2D eigenvalue weighted by molar-refractivity contribution is 7.18. The van der Waals surface area contributed by atoms with Crippen LogP contribution in [0, 0.1) is 5.41 Å². The Balaban J connectivity index is 1.60. The van der Waals surface area contributed by atoms with Crippen LogP contribution in [0.15, 0.2) is 48.5 Å². The van der Waals surface area contributed by atoms with E-state index in [1.54, 1.807) is 23.5 Å². The fourth-order valence-corrected chi connectivity index (χ4v) is 4.15. The number of hydrazine groups is 1. The summed E-state index contributed by atoms with van der Waals surface area (Å²) in [5.41, 5.74) is 5.60. The highest BCUT2D eigenvalue weighted by atomic mass is 32.1. The summed E-state index contributed by atoms with van der Waals surface area (Å²) in [6.45, 7) is 4.09. The SMILES string of the molecule is CCC(C)(CC(=O)NNC(=O)c1ccccc1O)Cc1nc2ccccc2s1. The molecule has 0 fully saturated rings. The van der Waals surface area contributed by atoms with E-state index in [4.69, 9.17) is 0 Å². The lowest BCUT2D eigenvalue weighted by Gasteiger charge is -2.26. The standard InChI is InChI=1S/C21H23N3O3S/c1-3-21(2,13-19-22-15-9-5-7-11-17(15)28-19)12-18(26)23-24-20(27)14-8-4-6-10-16(14)25/h4-11,25H,3,12-13H2,1-2H3,(H,23,26)(H,24,27). The minimum atomic E-state index is -0.559. The van der Waals surface area contributed by atoms with E-state index < -0.39 is 5.91 Å². The van der Waals surface area contributed by atoms with Crippen molar-refractivity contribution in [3.63, 3.8) is 0 Å². The van der Waals surface area contributed by atoms with Gasteiger partial charge < -0.3 is 5.11 Å². The Morgan fingerprint density at radius 1 is 1.11 bits per heavy atom.